The van der Waals surface area contributed by atoms with E-state index in [-0.39, 0.29) is 6.54 Å². The normalized spacial score (nSPS) is 20.7. The maximum atomic E-state index is 12.5. The molecular formula is C13H16F3N3O3. The minimum atomic E-state index is -4.58. The summed E-state index contributed by atoms with van der Waals surface area (Å²) >= 11 is 0. The van der Waals surface area contributed by atoms with Crippen LogP contribution in [0.25, 0.3) is 0 Å². The van der Waals surface area contributed by atoms with Gasteiger partial charge in [-0.05, 0) is 32.3 Å². The Morgan fingerprint density at radius 1 is 1.41 bits per heavy atom. The first-order chi connectivity index (χ1) is 10.2. The number of likely N-dealkylation sites (tertiary alicyclic amines) is 1. The van der Waals surface area contributed by atoms with Gasteiger partial charge in [0.15, 0.2) is 5.69 Å². The molecule has 6 nitrogen and oxygen atoms in total. The van der Waals surface area contributed by atoms with Gasteiger partial charge in [0, 0.05) is 12.7 Å². The number of carbonyl (C=O) groups excluding carboxylic acids is 1. The number of carbonyl (C=O) groups is 2. The van der Waals surface area contributed by atoms with Gasteiger partial charge >= 0.3 is 12.1 Å². The van der Waals surface area contributed by atoms with E-state index in [1.165, 1.54) is 11.8 Å². The maximum absolute atomic E-state index is 12.5. The fourth-order valence-corrected chi connectivity index (χ4v) is 2.51. The molecule has 1 aromatic heterocycles. The second kappa shape index (κ2) is 5.98. The zero-order valence-corrected chi connectivity index (χ0v) is 11.9. The first-order valence-corrected chi connectivity index (χ1v) is 6.87. The molecule has 1 saturated heterocycles. The molecule has 0 saturated carbocycles. The van der Waals surface area contributed by atoms with E-state index >= 15 is 0 Å². The van der Waals surface area contributed by atoms with Gasteiger partial charge < -0.3 is 10.0 Å². The van der Waals surface area contributed by atoms with E-state index in [1.54, 1.807) is 0 Å². The van der Waals surface area contributed by atoms with Gasteiger partial charge in [-0.1, -0.05) is 0 Å². The highest BCUT2D eigenvalue weighted by Crippen LogP contribution is 2.28. The van der Waals surface area contributed by atoms with Crippen LogP contribution in [0.2, 0.25) is 0 Å². The smallest absolute Gasteiger partial charge is 0.435 e. The Hall–Kier alpha value is -2.06. The third kappa shape index (κ3) is 3.23. The van der Waals surface area contributed by atoms with Crippen molar-refractivity contribution in [3.05, 3.63) is 18.0 Å². The van der Waals surface area contributed by atoms with E-state index < -0.39 is 35.8 Å². The van der Waals surface area contributed by atoms with Crippen LogP contribution in [0.1, 0.15) is 37.9 Å². The van der Waals surface area contributed by atoms with Gasteiger partial charge in [0.1, 0.15) is 12.1 Å². The van der Waals surface area contributed by atoms with Gasteiger partial charge in [0.2, 0.25) is 5.91 Å². The van der Waals surface area contributed by atoms with Gasteiger partial charge in [-0.2, -0.15) is 18.3 Å². The number of nitrogens with zero attached hydrogens (tertiary/aromatic N) is 3. The third-order valence-electron chi connectivity index (χ3n) is 3.72. The number of rotatable bonds is 3. The number of halogens is 3. The summed E-state index contributed by atoms with van der Waals surface area (Å²) in [6.07, 6.45) is -1.78. The molecule has 0 radical (unpaired) electrons. The number of carboxylic acid groups (broad SMARTS) is 1. The molecular weight excluding hydrogens is 303 g/mol. The Balaban J connectivity index is 2.17. The molecule has 0 bridgehead atoms. The quantitative estimate of drug-likeness (QED) is 0.923. The number of aliphatic carboxylic acids is 1. The van der Waals surface area contributed by atoms with Crippen molar-refractivity contribution in [2.75, 3.05) is 6.54 Å². The number of carboxylic acids is 1. The predicted molar refractivity (Wildman–Crippen MR) is 68.9 cm³/mol. The summed E-state index contributed by atoms with van der Waals surface area (Å²) < 4.78 is 38.5. The zero-order valence-electron chi connectivity index (χ0n) is 11.9. The van der Waals surface area contributed by atoms with Crippen LogP contribution < -0.4 is 0 Å². The Morgan fingerprint density at radius 2 is 2.09 bits per heavy atom. The fraction of sp³-hybridized carbons (Fsp3) is 0.615. The zero-order chi connectivity index (χ0) is 16.5. The topological polar surface area (TPSA) is 75.4 Å². The highest BCUT2D eigenvalue weighted by molar-refractivity contribution is 5.86. The van der Waals surface area contributed by atoms with Crippen LogP contribution in [0, 0.1) is 0 Å². The van der Waals surface area contributed by atoms with Gasteiger partial charge in [-0.3, -0.25) is 9.48 Å². The first kappa shape index (κ1) is 16.3. The summed E-state index contributed by atoms with van der Waals surface area (Å²) in [5, 5.41) is 12.5. The predicted octanol–water partition coefficient (Wildman–Crippen LogP) is 1.93. The van der Waals surface area contributed by atoms with Gasteiger partial charge in [0.05, 0.1) is 0 Å². The lowest BCUT2D eigenvalue weighted by Gasteiger charge is -2.34. The van der Waals surface area contributed by atoms with E-state index in [9.17, 15) is 22.8 Å². The van der Waals surface area contributed by atoms with E-state index in [1.807, 2.05) is 0 Å². The second-order valence-electron chi connectivity index (χ2n) is 5.24. The molecule has 9 heteroatoms. The minimum Gasteiger partial charge on any atom is -0.480 e. The summed E-state index contributed by atoms with van der Waals surface area (Å²) in [6.45, 7) is 1.69. The van der Waals surface area contributed by atoms with Crippen LogP contribution in [0.15, 0.2) is 12.3 Å². The molecule has 2 atom stereocenters. The van der Waals surface area contributed by atoms with Crippen molar-refractivity contribution in [2.45, 2.75) is 44.4 Å². The summed E-state index contributed by atoms with van der Waals surface area (Å²) in [4.78, 5) is 24.8. The third-order valence-corrected chi connectivity index (χ3v) is 3.72. The van der Waals surface area contributed by atoms with Crippen LogP contribution in [-0.4, -0.2) is 44.3 Å². The number of hydrogen-bond donors (Lipinski definition) is 1. The lowest BCUT2D eigenvalue weighted by molar-refractivity contribution is -0.153. The summed E-state index contributed by atoms with van der Waals surface area (Å²) in [5.74, 6) is -1.64. The van der Waals surface area contributed by atoms with Gasteiger partial charge in [-0.15, -0.1) is 0 Å². The van der Waals surface area contributed by atoms with Crippen molar-refractivity contribution in [1.82, 2.24) is 14.7 Å². The van der Waals surface area contributed by atoms with Crippen molar-refractivity contribution < 1.29 is 27.9 Å². The van der Waals surface area contributed by atoms with Crippen molar-refractivity contribution in [2.24, 2.45) is 0 Å². The van der Waals surface area contributed by atoms with Crippen molar-refractivity contribution >= 4 is 11.9 Å². The Labute approximate surface area is 124 Å². The van der Waals surface area contributed by atoms with Crippen LogP contribution >= 0.6 is 0 Å². The van der Waals surface area contributed by atoms with Gasteiger partial charge in [-0.25, -0.2) is 4.79 Å². The Kier molecular flexibility index (Phi) is 4.43. The fourth-order valence-electron chi connectivity index (χ4n) is 2.51. The highest BCUT2D eigenvalue weighted by Gasteiger charge is 2.37. The average Bonchev–Trinajstić information content (AvgIpc) is 2.95. The monoisotopic (exact) mass is 319 g/mol. The van der Waals surface area contributed by atoms with Crippen molar-refractivity contribution in [3.8, 4) is 0 Å². The van der Waals surface area contributed by atoms with Crippen molar-refractivity contribution in [3.63, 3.8) is 0 Å². The summed E-state index contributed by atoms with van der Waals surface area (Å²) in [7, 11) is 0. The number of piperidine rings is 1. The summed E-state index contributed by atoms with van der Waals surface area (Å²) in [6, 6.07) is -1.13. The molecule has 22 heavy (non-hydrogen) atoms. The molecule has 1 N–H and O–H groups in total. The molecule has 2 heterocycles. The van der Waals surface area contributed by atoms with Crippen LogP contribution in [-0.2, 0) is 15.8 Å². The molecule has 1 amide bonds. The minimum absolute atomic E-state index is 0.285. The van der Waals surface area contributed by atoms with E-state index in [4.69, 9.17) is 5.11 Å². The summed E-state index contributed by atoms with van der Waals surface area (Å²) in [5.41, 5.74) is -1.08. The Morgan fingerprint density at radius 3 is 2.64 bits per heavy atom. The molecule has 0 aromatic carbocycles. The van der Waals surface area contributed by atoms with Crippen molar-refractivity contribution in [1.29, 1.82) is 0 Å². The van der Waals surface area contributed by atoms with Crippen LogP contribution in [0.5, 0.6) is 0 Å². The highest BCUT2D eigenvalue weighted by atomic mass is 19.4. The van der Waals surface area contributed by atoms with Crippen LogP contribution in [0.4, 0.5) is 13.2 Å². The number of aromatic nitrogens is 2. The molecule has 1 fully saturated rings. The number of hydrogen-bond acceptors (Lipinski definition) is 3. The molecule has 0 aliphatic carbocycles. The van der Waals surface area contributed by atoms with E-state index in [0.717, 1.165) is 16.9 Å². The molecule has 2 unspecified atom stereocenters. The molecule has 2 rings (SSSR count). The van der Waals surface area contributed by atoms with Crippen LogP contribution in [0.3, 0.4) is 0 Å². The number of amides is 1. The van der Waals surface area contributed by atoms with E-state index in [2.05, 4.69) is 5.10 Å². The Bertz CT molecular complexity index is 570. The molecule has 1 aliphatic rings. The second-order valence-corrected chi connectivity index (χ2v) is 5.24. The lowest BCUT2D eigenvalue weighted by atomic mass is 10.0. The van der Waals surface area contributed by atoms with E-state index in [0.29, 0.717) is 19.3 Å². The largest absolute Gasteiger partial charge is 0.480 e. The first-order valence-electron chi connectivity index (χ1n) is 6.87. The maximum Gasteiger partial charge on any atom is 0.435 e. The molecule has 1 aromatic rings. The van der Waals surface area contributed by atoms with Gasteiger partial charge in [0.25, 0.3) is 0 Å². The molecule has 122 valence electrons. The average molecular weight is 319 g/mol. The SMILES string of the molecule is CC(C(=O)N1CCCCC1C(=O)O)n1ccc(C(F)(F)F)n1. The number of alkyl halides is 3. The molecule has 1 aliphatic heterocycles. The standard InChI is InChI=1S/C13H16F3N3O3/c1-8(19-7-5-10(17-19)13(14,15)16)11(20)18-6-3-2-4-9(18)12(21)22/h5,7-9H,2-4,6H2,1H3,(H,21,22). The lowest BCUT2D eigenvalue weighted by Crippen LogP contribution is -2.50. The molecule has 0 spiro atoms.